The van der Waals surface area contributed by atoms with Crippen molar-refractivity contribution in [2.45, 2.75) is 13.5 Å². The Morgan fingerprint density at radius 1 is 1.56 bits per heavy atom. The highest BCUT2D eigenvalue weighted by Crippen LogP contribution is 2.28. The summed E-state index contributed by atoms with van der Waals surface area (Å²) in [5.41, 5.74) is 5.97. The molecule has 0 spiro atoms. The van der Waals surface area contributed by atoms with Crippen LogP contribution in [0, 0.1) is 6.92 Å². The normalized spacial score (nSPS) is 10.3. The predicted molar refractivity (Wildman–Crippen MR) is 74.2 cm³/mol. The summed E-state index contributed by atoms with van der Waals surface area (Å²) in [6.45, 7) is 2.70. The van der Waals surface area contributed by atoms with E-state index in [9.17, 15) is 4.79 Å². The molecule has 2 heterocycles. The van der Waals surface area contributed by atoms with E-state index in [1.54, 1.807) is 11.3 Å². The average Bonchev–Trinajstić information content (AvgIpc) is 2.92. The molecule has 2 aromatic rings. The summed E-state index contributed by atoms with van der Waals surface area (Å²) in [4.78, 5) is 14.0. The molecule has 0 aromatic carbocycles. The standard InChI is InChI=1S/C11H13N3O2S2/c1-6-3-4-7(17-6)5-13-10-8(11(15)16-2)9(12)14-18-10/h3-4,13H,5H2,1-2H3,(H2,12,14). The first-order chi connectivity index (χ1) is 8.61. The Labute approximate surface area is 113 Å². The highest BCUT2D eigenvalue weighted by Gasteiger charge is 2.19. The molecule has 0 unspecified atom stereocenters. The van der Waals surface area contributed by atoms with E-state index >= 15 is 0 Å². The van der Waals surface area contributed by atoms with E-state index in [-0.39, 0.29) is 5.82 Å². The Balaban J connectivity index is 2.12. The van der Waals surface area contributed by atoms with Gasteiger partial charge in [0.15, 0.2) is 5.82 Å². The number of methoxy groups -OCH3 is 1. The van der Waals surface area contributed by atoms with Crippen molar-refractivity contribution in [1.82, 2.24) is 4.37 Å². The lowest BCUT2D eigenvalue weighted by Gasteiger charge is -2.04. The quantitative estimate of drug-likeness (QED) is 0.843. The van der Waals surface area contributed by atoms with E-state index in [0.29, 0.717) is 17.1 Å². The number of nitrogens with zero attached hydrogens (tertiary/aromatic N) is 1. The number of nitrogen functional groups attached to an aromatic ring is 1. The molecular weight excluding hydrogens is 270 g/mol. The maximum Gasteiger partial charge on any atom is 0.344 e. The van der Waals surface area contributed by atoms with Gasteiger partial charge in [-0.1, -0.05) is 0 Å². The number of esters is 1. The maximum atomic E-state index is 11.6. The molecule has 0 bridgehead atoms. The minimum Gasteiger partial charge on any atom is -0.465 e. The fourth-order valence-electron chi connectivity index (χ4n) is 1.47. The minimum absolute atomic E-state index is 0.205. The van der Waals surface area contributed by atoms with E-state index in [1.807, 2.05) is 0 Å². The van der Waals surface area contributed by atoms with Gasteiger partial charge in [0.2, 0.25) is 0 Å². The molecule has 0 aliphatic rings. The van der Waals surface area contributed by atoms with Gasteiger partial charge in [0.05, 0.1) is 13.7 Å². The summed E-state index contributed by atoms with van der Waals surface area (Å²) in [5, 5.41) is 3.81. The van der Waals surface area contributed by atoms with Crippen LogP contribution in [0.4, 0.5) is 10.8 Å². The van der Waals surface area contributed by atoms with Crippen LogP contribution < -0.4 is 11.1 Å². The molecule has 2 rings (SSSR count). The van der Waals surface area contributed by atoms with Crippen LogP contribution >= 0.6 is 22.9 Å². The zero-order valence-corrected chi connectivity index (χ0v) is 11.7. The highest BCUT2D eigenvalue weighted by atomic mass is 32.1. The number of nitrogens with two attached hydrogens (primary N) is 1. The molecule has 3 N–H and O–H groups in total. The van der Waals surface area contributed by atoms with Gasteiger partial charge < -0.3 is 15.8 Å². The number of carbonyl (C=O) groups is 1. The lowest BCUT2D eigenvalue weighted by Crippen LogP contribution is -2.07. The summed E-state index contributed by atoms with van der Waals surface area (Å²) in [7, 11) is 1.33. The second-order valence-electron chi connectivity index (χ2n) is 3.63. The summed E-state index contributed by atoms with van der Waals surface area (Å²) in [5.74, 6) is -0.261. The smallest absolute Gasteiger partial charge is 0.344 e. The number of ether oxygens (including phenoxy) is 1. The lowest BCUT2D eigenvalue weighted by molar-refractivity contribution is 0.0603. The topological polar surface area (TPSA) is 77.2 Å². The molecule has 0 atom stereocenters. The Hall–Kier alpha value is -1.60. The molecule has 0 saturated carbocycles. The van der Waals surface area contributed by atoms with Gasteiger partial charge in [0, 0.05) is 9.75 Å². The van der Waals surface area contributed by atoms with Crippen molar-refractivity contribution in [3.63, 3.8) is 0 Å². The van der Waals surface area contributed by atoms with E-state index in [0.717, 1.165) is 11.5 Å². The third-order valence-electron chi connectivity index (χ3n) is 2.33. The van der Waals surface area contributed by atoms with Gasteiger partial charge in [0.1, 0.15) is 10.6 Å². The Morgan fingerprint density at radius 3 is 2.94 bits per heavy atom. The summed E-state index contributed by atoms with van der Waals surface area (Å²) >= 11 is 2.87. The molecule has 0 aliphatic carbocycles. The first kappa shape index (κ1) is 12.8. The first-order valence-corrected chi connectivity index (χ1v) is 6.83. The number of carbonyl (C=O) groups excluding carboxylic acids is 1. The third kappa shape index (κ3) is 2.62. The van der Waals surface area contributed by atoms with Crippen LogP contribution in [-0.4, -0.2) is 17.5 Å². The summed E-state index contributed by atoms with van der Waals surface area (Å²) in [6, 6.07) is 4.11. The van der Waals surface area contributed by atoms with Crippen molar-refractivity contribution in [3.8, 4) is 0 Å². The number of hydrogen-bond acceptors (Lipinski definition) is 7. The van der Waals surface area contributed by atoms with E-state index < -0.39 is 5.97 Å². The van der Waals surface area contributed by atoms with Gasteiger partial charge in [-0.15, -0.1) is 11.3 Å². The molecule has 18 heavy (non-hydrogen) atoms. The van der Waals surface area contributed by atoms with E-state index in [4.69, 9.17) is 5.73 Å². The van der Waals surface area contributed by atoms with Crippen LogP contribution in [0.25, 0.3) is 0 Å². The number of anilines is 2. The number of thiophene rings is 1. The number of aryl methyl sites for hydroxylation is 1. The zero-order valence-electron chi connectivity index (χ0n) is 10.0. The van der Waals surface area contributed by atoms with Gasteiger partial charge in [0.25, 0.3) is 0 Å². The van der Waals surface area contributed by atoms with Crippen molar-refractivity contribution in [2.24, 2.45) is 0 Å². The average molecular weight is 283 g/mol. The van der Waals surface area contributed by atoms with Crippen molar-refractivity contribution >= 4 is 39.7 Å². The molecule has 0 amide bonds. The monoisotopic (exact) mass is 283 g/mol. The predicted octanol–water partition coefficient (Wildman–Crippen LogP) is 2.49. The highest BCUT2D eigenvalue weighted by molar-refractivity contribution is 7.12. The molecule has 0 aliphatic heterocycles. The molecular formula is C11H13N3O2S2. The zero-order chi connectivity index (χ0) is 13.1. The first-order valence-electron chi connectivity index (χ1n) is 5.24. The lowest BCUT2D eigenvalue weighted by atomic mass is 10.3. The van der Waals surface area contributed by atoms with Gasteiger partial charge >= 0.3 is 5.97 Å². The van der Waals surface area contributed by atoms with Gasteiger partial charge in [-0.25, -0.2) is 4.79 Å². The van der Waals surface area contributed by atoms with Crippen LogP contribution in [0.5, 0.6) is 0 Å². The van der Waals surface area contributed by atoms with Crippen LogP contribution in [0.15, 0.2) is 12.1 Å². The van der Waals surface area contributed by atoms with Gasteiger partial charge in [-0.3, -0.25) is 0 Å². The number of nitrogens with one attached hydrogen (secondary N) is 1. The Kier molecular flexibility index (Phi) is 3.83. The van der Waals surface area contributed by atoms with E-state index in [2.05, 4.69) is 33.5 Å². The molecule has 5 nitrogen and oxygen atoms in total. The Bertz CT molecular complexity index is 562. The van der Waals surface area contributed by atoms with Crippen molar-refractivity contribution in [1.29, 1.82) is 0 Å². The summed E-state index contributed by atoms with van der Waals surface area (Å²) in [6.07, 6.45) is 0. The van der Waals surface area contributed by atoms with Crippen LogP contribution in [0.2, 0.25) is 0 Å². The molecule has 2 aromatic heterocycles. The Morgan fingerprint density at radius 2 is 2.33 bits per heavy atom. The number of aromatic nitrogens is 1. The molecule has 0 radical (unpaired) electrons. The van der Waals surface area contributed by atoms with Gasteiger partial charge in [-0.2, -0.15) is 4.37 Å². The number of hydrogen-bond donors (Lipinski definition) is 2. The molecule has 96 valence electrons. The van der Waals surface area contributed by atoms with Gasteiger partial charge in [-0.05, 0) is 30.6 Å². The molecule has 0 saturated heterocycles. The third-order valence-corrected chi connectivity index (χ3v) is 4.15. The van der Waals surface area contributed by atoms with Crippen molar-refractivity contribution < 1.29 is 9.53 Å². The number of rotatable bonds is 4. The summed E-state index contributed by atoms with van der Waals surface area (Å²) < 4.78 is 8.65. The fourth-order valence-corrected chi connectivity index (χ4v) is 3.00. The van der Waals surface area contributed by atoms with Crippen LogP contribution in [0.3, 0.4) is 0 Å². The van der Waals surface area contributed by atoms with Crippen LogP contribution in [-0.2, 0) is 11.3 Å². The molecule has 7 heteroatoms. The maximum absolute atomic E-state index is 11.6. The SMILES string of the molecule is COC(=O)c1c(N)nsc1NCc1ccc(C)s1. The van der Waals surface area contributed by atoms with Crippen molar-refractivity contribution in [2.75, 3.05) is 18.2 Å². The van der Waals surface area contributed by atoms with Crippen molar-refractivity contribution in [3.05, 3.63) is 27.5 Å². The largest absolute Gasteiger partial charge is 0.465 e. The van der Waals surface area contributed by atoms with Crippen LogP contribution in [0.1, 0.15) is 20.1 Å². The second-order valence-corrected chi connectivity index (χ2v) is 5.78. The second kappa shape index (κ2) is 5.36. The van der Waals surface area contributed by atoms with E-state index in [1.165, 1.54) is 16.9 Å². The fraction of sp³-hybridized carbons (Fsp3) is 0.273. The minimum atomic E-state index is -0.467. The molecule has 0 fully saturated rings.